The maximum atomic E-state index is 11.6. The molecule has 1 heterocycles. The van der Waals surface area contributed by atoms with Gasteiger partial charge in [-0.05, 0) is 48.6 Å². The van der Waals surface area contributed by atoms with E-state index in [1.54, 1.807) is 0 Å². The number of carbonyl (C=O) groups is 1. The summed E-state index contributed by atoms with van der Waals surface area (Å²) in [4.78, 5) is 14.7. The minimum absolute atomic E-state index is 0.217. The van der Waals surface area contributed by atoms with Gasteiger partial charge in [-0.2, -0.15) is 0 Å². The molecule has 25 heavy (non-hydrogen) atoms. The number of unbranched alkanes of at least 4 members (excludes halogenated alkanes) is 1. The van der Waals surface area contributed by atoms with E-state index in [1.165, 1.54) is 0 Å². The van der Waals surface area contributed by atoms with Crippen LogP contribution < -0.4 is 4.74 Å². The van der Waals surface area contributed by atoms with E-state index in [4.69, 9.17) is 4.74 Å². The Bertz CT molecular complexity index is 797. The topological polar surface area (TPSA) is 62.3 Å². The van der Waals surface area contributed by atoms with Crippen LogP contribution >= 0.6 is 0 Å². The van der Waals surface area contributed by atoms with Gasteiger partial charge in [0.25, 0.3) is 0 Å². The largest absolute Gasteiger partial charge is 0.494 e. The van der Waals surface area contributed by atoms with Crippen LogP contribution in [-0.4, -0.2) is 22.7 Å². The molecule has 1 aliphatic rings. The van der Waals surface area contributed by atoms with Crippen molar-refractivity contribution in [2.75, 3.05) is 6.61 Å². The van der Waals surface area contributed by atoms with Crippen LogP contribution in [0.1, 0.15) is 48.8 Å². The monoisotopic (exact) mass is 337 g/mol. The van der Waals surface area contributed by atoms with Crippen LogP contribution in [0.2, 0.25) is 0 Å². The summed E-state index contributed by atoms with van der Waals surface area (Å²) in [5.41, 5.74) is 3.66. The Kier molecular flexibility index (Phi) is 5.39. The third kappa shape index (κ3) is 4.02. The van der Waals surface area contributed by atoms with Gasteiger partial charge in [-0.1, -0.05) is 43.7 Å². The molecule has 0 saturated carbocycles. The smallest absolute Gasteiger partial charge is 0.352 e. The fraction of sp³-hybridized carbons (Fsp3) is 0.286. The van der Waals surface area contributed by atoms with Crippen LogP contribution in [0.4, 0.5) is 0 Å². The molecule has 0 atom stereocenters. The fourth-order valence-corrected chi connectivity index (χ4v) is 2.88. The van der Waals surface area contributed by atoms with Crippen molar-refractivity contribution in [1.29, 1.82) is 0 Å². The van der Waals surface area contributed by atoms with Gasteiger partial charge < -0.3 is 14.8 Å². The molecule has 1 aromatic heterocycles. The Labute approximate surface area is 147 Å². The number of benzene rings is 1. The number of hydrogen-bond donors (Lipinski definition) is 2. The number of hydrogen-bond acceptors (Lipinski definition) is 2. The lowest BCUT2D eigenvalue weighted by Crippen LogP contribution is -1.99. The lowest BCUT2D eigenvalue weighted by Gasteiger charge is -2.06. The highest BCUT2D eigenvalue weighted by atomic mass is 16.5. The highest BCUT2D eigenvalue weighted by Gasteiger charge is 2.17. The molecule has 4 heteroatoms. The summed E-state index contributed by atoms with van der Waals surface area (Å²) in [7, 11) is 0. The summed E-state index contributed by atoms with van der Waals surface area (Å²) in [6.07, 6.45) is 10.4. The average molecular weight is 337 g/mol. The minimum Gasteiger partial charge on any atom is -0.494 e. The molecular weight excluding hydrogens is 314 g/mol. The number of nitrogens with one attached hydrogen (secondary N) is 1. The Balaban J connectivity index is 1.88. The summed E-state index contributed by atoms with van der Waals surface area (Å²) in [5, 5.41) is 9.54. The van der Waals surface area contributed by atoms with Crippen molar-refractivity contribution in [3.63, 3.8) is 0 Å². The molecule has 0 amide bonds. The van der Waals surface area contributed by atoms with Crippen molar-refractivity contribution < 1.29 is 14.6 Å². The number of aromatic nitrogens is 1. The van der Waals surface area contributed by atoms with Gasteiger partial charge >= 0.3 is 5.97 Å². The molecule has 3 rings (SSSR count). The first-order chi connectivity index (χ1) is 12.2. The van der Waals surface area contributed by atoms with Crippen LogP contribution in [0.15, 0.2) is 48.6 Å². The van der Waals surface area contributed by atoms with Gasteiger partial charge in [0, 0.05) is 11.3 Å². The van der Waals surface area contributed by atoms with Crippen molar-refractivity contribution in [2.24, 2.45) is 0 Å². The van der Waals surface area contributed by atoms with Gasteiger partial charge in [-0.3, -0.25) is 0 Å². The molecule has 0 unspecified atom stereocenters. The second kappa shape index (κ2) is 7.88. The van der Waals surface area contributed by atoms with Crippen LogP contribution in [-0.2, 0) is 0 Å². The van der Waals surface area contributed by atoms with Crippen LogP contribution in [0, 0.1) is 0 Å². The first-order valence-corrected chi connectivity index (χ1v) is 8.75. The average Bonchev–Trinajstić information content (AvgIpc) is 3.09. The van der Waals surface area contributed by atoms with Crippen molar-refractivity contribution >= 4 is 11.5 Å². The quantitative estimate of drug-likeness (QED) is 0.675. The van der Waals surface area contributed by atoms with Gasteiger partial charge in [-0.15, -0.1) is 0 Å². The Morgan fingerprint density at radius 2 is 2.04 bits per heavy atom. The summed E-state index contributed by atoms with van der Waals surface area (Å²) in [6, 6.07) is 9.52. The van der Waals surface area contributed by atoms with E-state index in [2.05, 4.69) is 24.1 Å². The molecule has 1 aromatic carbocycles. The predicted molar refractivity (Wildman–Crippen MR) is 99.9 cm³/mol. The molecule has 2 aromatic rings. The molecule has 4 nitrogen and oxygen atoms in total. The number of aromatic amines is 1. The van der Waals surface area contributed by atoms with Crippen LogP contribution in [0.3, 0.4) is 0 Å². The van der Waals surface area contributed by atoms with Crippen LogP contribution in [0.5, 0.6) is 5.75 Å². The van der Waals surface area contributed by atoms with Gasteiger partial charge in [0.1, 0.15) is 11.4 Å². The second-order valence-electron chi connectivity index (χ2n) is 6.14. The first kappa shape index (κ1) is 17.1. The zero-order valence-electron chi connectivity index (χ0n) is 14.4. The zero-order valence-corrected chi connectivity index (χ0v) is 14.4. The molecule has 0 fully saturated rings. The van der Waals surface area contributed by atoms with E-state index in [0.29, 0.717) is 12.2 Å². The molecule has 2 N–H and O–H groups in total. The summed E-state index contributed by atoms with van der Waals surface area (Å²) in [6.45, 7) is 2.82. The van der Waals surface area contributed by atoms with E-state index in [-0.39, 0.29) is 5.69 Å². The number of rotatable bonds is 7. The molecule has 0 bridgehead atoms. The number of H-pyrrole nitrogens is 1. The predicted octanol–water partition coefficient (Wildman–Crippen LogP) is 5.29. The van der Waals surface area contributed by atoms with Gasteiger partial charge in [0.15, 0.2) is 0 Å². The number of carboxylic acids is 1. The summed E-state index contributed by atoms with van der Waals surface area (Å²) < 4.78 is 5.67. The first-order valence-electron chi connectivity index (χ1n) is 8.75. The number of carboxylic acid groups (broad SMARTS) is 1. The van der Waals surface area contributed by atoms with E-state index in [0.717, 1.165) is 48.3 Å². The van der Waals surface area contributed by atoms with Gasteiger partial charge in [0.05, 0.1) is 6.61 Å². The van der Waals surface area contributed by atoms with Gasteiger partial charge in [-0.25, -0.2) is 4.79 Å². The molecule has 1 aliphatic carbocycles. The normalized spacial score (nSPS) is 13.6. The maximum Gasteiger partial charge on any atom is 0.352 e. The number of aromatic carboxylic acids is 1. The maximum absolute atomic E-state index is 11.6. The van der Waals surface area contributed by atoms with E-state index in [9.17, 15) is 9.90 Å². The third-order valence-electron chi connectivity index (χ3n) is 4.27. The Hall–Kier alpha value is -2.75. The SMILES string of the molecule is CCCCOc1ccc(-c2cc(C3=CCCC=C3)[nH]c2C(=O)O)cc1. The van der Waals surface area contributed by atoms with Crippen molar-refractivity contribution in [2.45, 2.75) is 32.6 Å². The highest BCUT2D eigenvalue weighted by molar-refractivity contribution is 5.96. The Morgan fingerprint density at radius 3 is 2.68 bits per heavy atom. The van der Waals surface area contributed by atoms with Crippen molar-refractivity contribution in [3.05, 3.63) is 59.9 Å². The zero-order chi connectivity index (χ0) is 17.6. The Morgan fingerprint density at radius 1 is 1.24 bits per heavy atom. The lowest BCUT2D eigenvalue weighted by atomic mass is 10.0. The van der Waals surface area contributed by atoms with E-state index >= 15 is 0 Å². The highest BCUT2D eigenvalue weighted by Crippen LogP contribution is 2.31. The minimum atomic E-state index is -0.954. The summed E-state index contributed by atoms with van der Waals surface area (Å²) in [5.74, 6) is -0.146. The van der Waals surface area contributed by atoms with Crippen LogP contribution in [0.25, 0.3) is 16.7 Å². The van der Waals surface area contributed by atoms with Gasteiger partial charge in [0.2, 0.25) is 0 Å². The number of allylic oxidation sites excluding steroid dienone is 4. The molecule has 130 valence electrons. The third-order valence-corrected chi connectivity index (χ3v) is 4.27. The molecule has 0 saturated heterocycles. The fourth-order valence-electron chi connectivity index (χ4n) is 2.88. The van der Waals surface area contributed by atoms with E-state index in [1.807, 2.05) is 36.4 Å². The van der Waals surface area contributed by atoms with Crippen molar-refractivity contribution in [3.8, 4) is 16.9 Å². The molecular formula is C21H23NO3. The standard InChI is InChI=1S/C21H23NO3/c1-2-3-13-25-17-11-9-15(10-12-17)18-14-19(22-20(18)21(23)24)16-7-5-4-6-8-16/h5,7-12,14,22H,2-4,6,13H2,1H3,(H,23,24). The number of ether oxygens (including phenoxy) is 1. The van der Waals surface area contributed by atoms with E-state index < -0.39 is 5.97 Å². The lowest BCUT2D eigenvalue weighted by molar-refractivity contribution is 0.0692. The molecule has 0 spiro atoms. The molecule has 0 aliphatic heterocycles. The molecule has 0 radical (unpaired) electrons. The summed E-state index contributed by atoms with van der Waals surface area (Å²) >= 11 is 0. The second-order valence-corrected chi connectivity index (χ2v) is 6.14. The van der Waals surface area contributed by atoms with Crippen molar-refractivity contribution in [1.82, 2.24) is 4.98 Å².